The summed E-state index contributed by atoms with van der Waals surface area (Å²) in [6, 6.07) is 6.95. The first kappa shape index (κ1) is 17.3. The summed E-state index contributed by atoms with van der Waals surface area (Å²) in [6.45, 7) is 3.51. The zero-order valence-electron chi connectivity index (χ0n) is 14.2. The molecule has 3 rings (SSSR count). The number of benzene rings is 1. The van der Waals surface area contributed by atoms with E-state index in [0.29, 0.717) is 17.5 Å². The Bertz CT molecular complexity index is 694. The molecule has 25 heavy (non-hydrogen) atoms. The van der Waals surface area contributed by atoms with Gasteiger partial charge in [0.15, 0.2) is 6.61 Å². The van der Waals surface area contributed by atoms with Crippen molar-refractivity contribution in [1.82, 2.24) is 5.32 Å². The molecule has 2 amide bonds. The molecule has 1 aromatic rings. The Balaban J connectivity index is 1.50. The number of carbonyl (C=O) groups is 3. The van der Waals surface area contributed by atoms with Crippen molar-refractivity contribution in [1.29, 1.82) is 0 Å². The van der Waals surface area contributed by atoms with E-state index < -0.39 is 23.2 Å². The second-order valence-corrected chi connectivity index (χ2v) is 7.26. The SMILES string of the molecule is CC1(C)C(C(=O)O)C1C(=O)Nc1ccc(OCC(=O)NC2CC2)cc1. The third-order valence-corrected chi connectivity index (χ3v) is 4.81. The minimum atomic E-state index is -0.946. The first-order chi connectivity index (χ1) is 11.8. The van der Waals surface area contributed by atoms with Crippen molar-refractivity contribution < 1.29 is 24.2 Å². The highest BCUT2D eigenvalue weighted by Gasteiger charge is 2.65. The first-order valence-electron chi connectivity index (χ1n) is 8.35. The predicted octanol–water partition coefficient (Wildman–Crippen LogP) is 1.64. The van der Waals surface area contributed by atoms with Gasteiger partial charge in [0, 0.05) is 11.7 Å². The third-order valence-electron chi connectivity index (χ3n) is 4.81. The molecule has 0 saturated heterocycles. The van der Waals surface area contributed by atoms with Crippen molar-refractivity contribution in [2.24, 2.45) is 17.3 Å². The molecule has 2 fully saturated rings. The van der Waals surface area contributed by atoms with E-state index in [4.69, 9.17) is 9.84 Å². The molecule has 2 aliphatic rings. The number of carbonyl (C=O) groups excluding carboxylic acids is 2. The van der Waals surface area contributed by atoms with Crippen molar-refractivity contribution in [2.45, 2.75) is 32.7 Å². The summed E-state index contributed by atoms with van der Waals surface area (Å²) in [7, 11) is 0. The van der Waals surface area contributed by atoms with Crippen LogP contribution in [0.25, 0.3) is 0 Å². The Morgan fingerprint density at radius 3 is 2.32 bits per heavy atom. The van der Waals surface area contributed by atoms with Crippen LogP contribution in [0.3, 0.4) is 0 Å². The molecule has 7 heteroatoms. The highest BCUT2D eigenvalue weighted by atomic mass is 16.5. The maximum absolute atomic E-state index is 12.3. The standard InChI is InChI=1S/C18H22N2O5/c1-18(2)14(15(18)17(23)24)16(22)20-11-5-7-12(8-6-11)25-9-13(21)19-10-3-4-10/h5-8,10,14-15H,3-4,9H2,1-2H3,(H,19,21)(H,20,22)(H,23,24). The van der Waals surface area contributed by atoms with Crippen LogP contribution >= 0.6 is 0 Å². The topological polar surface area (TPSA) is 105 Å². The van der Waals surface area contributed by atoms with Crippen LogP contribution in [0, 0.1) is 17.3 Å². The van der Waals surface area contributed by atoms with Crippen molar-refractivity contribution >= 4 is 23.5 Å². The fraction of sp³-hybridized carbons (Fsp3) is 0.500. The van der Waals surface area contributed by atoms with E-state index in [9.17, 15) is 14.4 Å². The van der Waals surface area contributed by atoms with E-state index in [1.807, 2.05) is 0 Å². The monoisotopic (exact) mass is 346 g/mol. The Labute approximate surface area is 145 Å². The molecule has 1 aromatic carbocycles. The van der Waals surface area contributed by atoms with Gasteiger partial charge in [-0.25, -0.2) is 0 Å². The molecule has 0 spiro atoms. The summed E-state index contributed by atoms with van der Waals surface area (Å²) in [4.78, 5) is 35.0. The summed E-state index contributed by atoms with van der Waals surface area (Å²) in [6.07, 6.45) is 2.06. The molecule has 2 atom stereocenters. The first-order valence-corrected chi connectivity index (χ1v) is 8.35. The maximum atomic E-state index is 12.3. The Morgan fingerprint density at radius 1 is 1.16 bits per heavy atom. The lowest BCUT2D eigenvalue weighted by molar-refractivity contribution is -0.140. The minimum Gasteiger partial charge on any atom is -0.484 e. The molecule has 0 aliphatic heterocycles. The molecule has 0 bridgehead atoms. The third kappa shape index (κ3) is 3.92. The zero-order valence-corrected chi connectivity index (χ0v) is 14.2. The Kier molecular flexibility index (Phi) is 4.41. The van der Waals surface area contributed by atoms with Gasteiger partial charge in [-0.3, -0.25) is 14.4 Å². The average molecular weight is 346 g/mol. The fourth-order valence-electron chi connectivity index (χ4n) is 3.09. The van der Waals surface area contributed by atoms with Crippen LogP contribution in [0.2, 0.25) is 0 Å². The number of nitrogens with one attached hydrogen (secondary N) is 2. The smallest absolute Gasteiger partial charge is 0.307 e. The number of amides is 2. The number of carboxylic acids is 1. The van der Waals surface area contributed by atoms with Gasteiger partial charge in [-0.2, -0.15) is 0 Å². The van der Waals surface area contributed by atoms with Crippen LogP contribution in [0.15, 0.2) is 24.3 Å². The van der Waals surface area contributed by atoms with E-state index in [1.165, 1.54) is 0 Å². The van der Waals surface area contributed by atoms with Crippen molar-refractivity contribution in [3.05, 3.63) is 24.3 Å². The van der Waals surface area contributed by atoms with E-state index in [0.717, 1.165) is 12.8 Å². The summed E-state index contributed by atoms with van der Waals surface area (Å²) in [5.41, 5.74) is 0.0278. The van der Waals surface area contributed by atoms with Gasteiger partial charge in [-0.1, -0.05) is 13.8 Å². The second kappa shape index (κ2) is 6.38. The van der Waals surface area contributed by atoms with Gasteiger partial charge in [0.2, 0.25) is 5.91 Å². The molecular weight excluding hydrogens is 324 g/mol. The van der Waals surface area contributed by atoms with E-state index >= 15 is 0 Å². The number of hydrogen-bond acceptors (Lipinski definition) is 4. The number of hydrogen-bond donors (Lipinski definition) is 3. The van der Waals surface area contributed by atoms with E-state index in [1.54, 1.807) is 38.1 Å². The molecule has 3 N–H and O–H groups in total. The number of carboxylic acid groups (broad SMARTS) is 1. The normalized spacial score (nSPS) is 23.4. The van der Waals surface area contributed by atoms with E-state index in [-0.39, 0.29) is 18.4 Å². The fourth-order valence-corrected chi connectivity index (χ4v) is 3.09. The Morgan fingerprint density at radius 2 is 1.80 bits per heavy atom. The van der Waals surface area contributed by atoms with Crippen LogP contribution in [0.5, 0.6) is 5.75 Å². The lowest BCUT2D eigenvalue weighted by Crippen LogP contribution is -2.30. The second-order valence-electron chi connectivity index (χ2n) is 7.26. The largest absolute Gasteiger partial charge is 0.484 e. The highest BCUT2D eigenvalue weighted by Crippen LogP contribution is 2.58. The summed E-state index contributed by atoms with van der Waals surface area (Å²) in [5, 5.41) is 14.7. The van der Waals surface area contributed by atoms with Gasteiger partial charge in [0.1, 0.15) is 5.75 Å². The van der Waals surface area contributed by atoms with Gasteiger partial charge >= 0.3 is 5.97 Å². The molecule has 2 unspecified atom stereocenters. The van der Waals surface area contributed by atoms with Crippen LogP contribution in [0.1, 0.15) is 26.7 Å². The van der Waals surface area contributed by atoms with Gasteiger partial charge in [-0.05, 0) is 42.5 Å². The summed E-state index contributed by atoms with van der Waals surface area (Å²) >= 11 is 0. The molecule has 0 heterocycles. The molecular formula is C18H22N2O5. The Hall–Kier alpha value is -2.57. The maximum Gasteiger partial charge on any atom is 0.307 e. The van der Waals surface area contributed by atoms with Crippen molar-refractivity contribution in [3.8, 4) is 5.75 Å². The molecule has 2 aliphatic carbocycles. The minimum absolute atomic E-state index is 0.0429. The molecule has 2 saturated carbocycles. The van der Waals surface area contributed by atoms with Crippen molar-refractivity contribution in [2.75, 3.05) is 11.9 Å². The molecule has 0 radical (unpaired) electrons. The quantitative estimate of drug-likeness (QED) is 0.696. The average Bonchev–Trinajstić information content (AvgIpc) is 3.43. The van der Waals surface area contributed by atoms with Crippen molar-refractivity contribution in [3.63, 3.8) is 0 Å². The number of rotatable bonds is 7. The number of aliphatic carboxylic acids is 1. The van der Waals surface area contributed by atoms with Crippen LogP contribution in [-0.4, -0.2) is 35.5 Å². The zero-order chi connectivity index (χ0) is 18.2. The number of anilines is 1. The van der Waals surface area contributed by atoms with Gasteiger partial charge in [0.05, 0.1) is 11.8 Å². The highest BCUT2D eigenvalue weighted by molar-refractivity contribution is 5.99. The van der Waals surface area contributed by atoms with Crippen LogP contribution < -0.4 is 15.4 Å². The van der Waals surface area contributed by atoms with E-state index in [2.05, 4.69) is 10.6 Å². The summed E-state index contributed by atoms with van der Waals surface area (Å²) < 4.78 is 5.40. The molecule has 0 aromatic heterocycles. The predicted molar refractivity (Wildman–Crippen MR) is 90.1 cm³/mol. The molecule has 134 valence electrons. The van der Waals surface area contributed by atoms with Crippen LogP contribution in [0.4, 0.5) is 5.69 Å². The van der Waals surface area contributed by atoms with Gasteiger partial charge in [0.25, 0.3) is 5.91 Å². The lowest BCUT2D eigenvalue weighted by Gasteiger charge is -2.09. The lowest BCUT2D eigenvalue weighted by atomic mass is 10.1. The summed E-state index contributed by atoms with van der Waals surface area (Å²) in [5.74, 6) is -2.05. The van der Waals surface area contributed by atoms with Gasteiger partial charge < -0.3 is 20.5 Å². The van der Waals surface area contributed by atoms with Crippen LogP contribution in [-0.2, 0) is 14.4 Å². The van der Waals surface area contributed by atoms with Gasteiger partial charge in [-0.15, -0.1) is 0 Å². The molecule has 7 nitrogen and oxygen atoms in total. The number of ether oxygens (including phenoxy) is 1.